The van der Waals surface area contributed by atoms with Gasteiger partial charge < -0.3 is 9.47 Å². The van der Waals surface area contributed by atoms with Gasteiger partial charge in [-0.3, -0.25) is 4.79 Å². The van der Waals surface area contributed by atoms with Crippen LogP contribution in [-0.4, -0.2) is 12.9 Å². The molecule has 0 aliphatic carbocycles. The Labute approximate surface area is 102 Å². The van der Waals surface area contributed by atoms with Gasteiger partial charge in [0, 0.05) is 16.1 Å². The van der Waals surface area contributed by atoms with E-state index in [9.17, 15) is 4.79 Å². The molecule has 0 spiro atoms. The van der Waals surface area contributed by atoms with E-state index in [2.05, 4.69) is 15.9 Å². The van der Waals surface area contributed by atoms with E-state index < -0.39 is 0 Å². The molecule has 1 aliphatic rings. The predicted molar refractivity (Wildman–Crippen MR) is 63.3 cm³/mol. The van der Waals surface area contributed by atoms with Crippen LogP contribution in [0.3, 0.4) is 0 Å². The van der Waals surface area contributed by atoms with E-state index in [-0.39, 0.29) is 11.9 Å². The summed E-state index contributed by atoms with van der Waals surface area (Å²) in [6.07, 6.45) is 3.02. The predicted octanol–water partition coefficient (Wildman–Crippen LogP) is 3.00. The normalized spacial score (nSPS) is 19.4. The molecule has 3 nitrogen and oxygen atoms in total. The Bertz CT molecular complexity index is 440. The van der Waals surface area contributed by atoms with Gasteiger partial charge in [-0.05, 0) is 18.2 Å². The topological polar surface area (TPSA) is 35.5 Å². The van der Waals surface area contributed by atoms with E-state index in [0.29, 0.717) is 6.42 Å². The van der Waals surface area contributed by atoms with Crippen molar-refractivity contribution in [2.24, 2.45) is 0 Å². The molecule has 0 N–H and O–H groups in total. The van der Waals surface area contributed by atoms with Gasteiger partial charge in [0.25, 0.3) is 0 Å². The maximum Gasteiger partial charge on any atom is 0.162 e. The summed E-state index contributed by atoms with van der Waals surface area (Å²) in [7, 11) is 1.61. The number of ether oxygens (including phenoxy) is 2. The first-order chi connectivity index (χ1) is 7.70. The summed E-state index contributed by atoms with van der Waals surface area (Å²) >= 11 is 3.44. The lowest BCUT2D eigenvalue weighted by atomic mass is 10.0. The number of ketones is 1. The standard InChI is InChI=1S/C12H11BrO3/c1-15-9-2-3-11(13)10(7-9)12-6-8(14)4-5-16-12/h2-5,7,12H,6H2,1H3. The average molecular weight is 283 g/mol. The number of hydrogen-bond donors (Lipinski definition) is 0. The van der Waals surface area contributed by atoms with Crippen LogP contribution in [0.25, 0.3) is 0 Å². The largest absolute Gasteiger partial charge is 0.497 e. The molecule has 0 saturated carbocycles. The van der Waals surface area contributed by atoms with Crippen molar-refractivity contribution in [2.75, 3.05) is 7.11 Å². The van der Waals surface area contributed by atoms with E-state index >= 15 is 0 Å². The van der Waals surface area contributed by atoms with Crippen molar-refractivity contribution in [1.29, 1.82) is 0 Å². The van der Waals surface area contributed by atoms with Crippen LogP contribution < -0.4 is 4.74 Å². The number of halogens is 1. The van der Waals surface area contributed by atoms with Crippen LogP contribution in [0, 0.1) is 0 Å². The zero-order valence-corrected chi connectivity index (χ0v) is 10.4. The molecule has 1 atom stereocenters. The number of methoxy groups -OCH3 is 1. The summed E-state index contributed by atoms with van der Waals surface area (Å²) in [4.78, 5) is 11.3. The average Bonchev–Trinajstić information content (AvgIpc) is 2.30. The first-order valence-electron chi connectivity index (χ1n) is 4.89. The van der Waals surface area contributed by atoms with Crippen LogP contribution in [0.5, 0.6) is 5.75 Å². The summed E-state index contributed by atoms with van der Waals surface area (Å²) in [5, 5.41) is 0. The third-order valence-electron chi connectivity index (χ3n) is 2.43. The summed E-state index contributed by atoms with van der Waals surface area (Å²) in [6.45, 7) is 0. The quantitative estimate of drug-likeness (QED) is 0.837. The molecular formula is C12H11BrO3. The van der Waals surface area contributed by atoms with Gasteiger partial charge in [0.15, 0.2) is 5.78 Å². The van der Waals surface area contributed by atoms with E-state index in [4.69, 9.17) is 9.47 Å². The number of rotatable bonds is 2. The van der Waals surface area contributed by atoms with E-state index in [1.807, 2.05) is 18.2 Å². The molecule has 0 saturated heterocycles. The Hall–Kier alpha value is -1.29. The number of benzene rings is 1. The Kier molecular flexibility index (Phi) is 3.29. The number of hydrogen-bond acceptors (Lipinski definition) is 3. The van der Waals surface area contributed by atoms with Crippen molar-refractivity contribution < 1.29 is 14.3 Å². The van der Waals surface area contributed by atoms with E-state index in [1.165, 1.54) is 12.3 Å². The van der Waals surface area contributed by atoms with Gasteiger partial charge in [0.2, 0.25) is 0 Å². The maximum absolute atomic E-state index is 11.3. The molecule has 0 fully saturated rings. The highest BCUT2D eigenvalue weighted by Crippen LogP contribution is 2.33. The molecule has 1 heterocycles. The van der Waals surface area contributed by atoms with Gasteiger partial charge in [0.05, 0.1) is 19.8 Å². The molecule has 16 heavy (non-hydrogen) atoms. The lowest BCUT2D eigenvalue weighted by Gasteiger charge is -2.20. The lowest BCUT2D eigenvalue weighted by Crippen LogP contribution is -2.11. The van der Waals surface area contributed by atoms with Crippen molar-refractivity contribution >= 4 is 21.7 Å². The second kappa shape index (κ2) is 4.70. The van der Waals surface area contributed by atoms with Crippen molar-refractivity contribution in [2.45, 2.75) is 12.5 Å². The second-order valence-electron chi connectivity index (χ2n) is 3.49. The molecule has 0 radical (unpaired) electrons. The third kappa shape index (κ3) is 2.27. The summed E-state index contributed by atoms with van der Waals surface area (Å²) in [5.74, 6) is 0.828. The highest BCUT2D eigenvalue weighted by molar-refractivity contribution is 9.10. The highest BCUT2D eigenvalue weighted by atomic mass is 79.9. The lowest BCUT2D eigenvalue weighted by molar-refractivity contribution is -0.118. The summed E-state index contributed by atoms with van der Waals surface area (Å²) in [6, 6.07) is 5.62. The van der Waals surface area contributed by atoms with Gasteiger partial charge in [-0.1, -0.05) is 15.9 Å². The second-order valence-corrected chi connectivity index (χ2v) is 4.34. The molecule has 4 heteroatoms. The van der Waals surface area contributed by atoms with Crippen molar-refractivity contribution in [1.82, 2.24) is 0 Å². The summed E-state index contributed by atoms with van der Waals surface area (Å²) < 4.78 is 11.5. The SMILES string of the molecule is COc1ccc(Br)c(C2CC(=O)C=CO2)c1. The van der Waals surface area contributed by atoms with Crippen LogP contribution >= 0.6 is 15.9 Å². The third-order valence-corrected chi connectivity index (χ3v) is 3.16. The zero-order chi connectivity index (χ0) is 11.5. The number of allylic oxidation sites excluding steroid dienone is 1. The molecule has 1 unspecified atom stereocenters. The van der Waals surface area contributed by atoms with Crippen LogP contribution in [0.4, 0.5) is 0 Å². The molecule has 0 bridgehead atoms. The highest BCUT2D eigenvalue weighted by Gasteiger charge is 2.21. The van der Waals surface area contributed by atoms with E-state index in [1.54, 1.807) is 7.11 Å². The first kappa shape index (κ1) is 11.2. The molecule has 1 aliphatic heterocycles. The fourth-order valence-electron chi connectivity index (χ4n) is 1.59. The Morgan fingerprint density at radius 2 is 2.31 bits per heavy atom. The molecule has 1 aromatic rings. The van der Waals surface area contributed by atoms with Crippen LogP contribution in [0.2, 0.25) is 0 Å². The van der Waals surface area contributed by atoms with Gasteiger partial charge in [0.1, 0.15) is 11.9 Å². The molecule has 84 valence electrons. The molecular weight excluding hydrogens is 272 g/mol. The molecule has 0 amide bonds. The van der Waals surface area contributed by atoms with Crippen LogP contribution in [-0.2, 0) is 9.53 Å². The van der Waals surface area contributed by atoms with Crippen molar-refractivity contribution in [3.05, 3.63) is 40.6 Å². The Balaban J connectivity index is 2.32. The number of carbonyl (C=O) groups is 1. The van der Waals surface area contributed by atoms with Crippen LogP contribution in [0.15, 0.2) is 35.0 Å². The molecule has 0 aromatic heterocycles. The van der Waals surface area contributed by atoms with Gasteiger partial charge in [-0.15, -0.1) is 0 Å². The van der Waals surface area contributed by atoms with Crippen LogP contribution in [0.1, 0.15) is 18.1 Å². The minimum absolute atomic E-state index is 0.0750. The molecule has 2 rings (SSSR count). The Morgan fingerprint density at radius 1 is 1.50 bits per heavy atom. The smallest absolute Gasteiger partial charge is 0.162 e. The minimum Gasteiger partial charge on any atom is -0.497 e. The fraction of sp³-hybridized carbons (Fsp3) is 0.250. The monoisotopic (exact) mass is 282 g/mol. The zero-order valence-electron chi connectivity index (χ0n) is 8.77. The summed E-state index contributed by atoms with van der Waals surface area (Å²) in [5.41, 5.74) is 0.928. The first-order valence-corrected chi connectivity index (χ1v) is 5.68. The van der Waals surface area contributed by atoms with E-state index in [0.717, 1.165) is 15.8 Å². The van der Waals surface area contributed by atoms with Gasteiger partial charge >= 0.3 is 0 Å². The Morgan fingerprint density at radius 3 is 3.00 bits per heavy atom. The van der Waals surface area contributed by atoms with Crippen molar-refractivity contribution in [3.63, 3.8) is 0 Å². The van der Waals surface area contributed by atoms with Crippen molar-refractivity contribution in [3.8, 4) is 5.75 Å². The van der Waals surface area contributed by atoms with Gasteiger partial charge in [-0.2, -0.15) is 0 Å². The fourth-order valence-corrected chi connectivity index (χ4v) is 2.09. The maximum atomic E-state index is 11.3. The van der Waals surface area contributed by atoms with Gasteiger partial charge in [-0.25, -0.2) is 0 Å². The molecule has 1 aromatic carbocycles. The number of carbonyl (C=O) groups excluding carboxylic acids is 1. The minimum atomic E-state index is -0.234.